The molecule has 0 bridgehead atoms. The van der Waals surface area contributed by atoms with Crippen LogP contribution in [0, 0.1) is 6.92 Å². The number of ketones is 1. The molecule has 0 saturated heterocycles. The predicted octanol–water partition coefficient (Wildman–Crippen LogP) is 4.24. The molecule has 0 unspecified atom stereocenters. The number of aryl methyl sites for hydroxylation is 2. The molecule has 0 radical (unpaired) electrons. The number of carbonyl (C=O) groups excluding carboxylic acids is 1. The van der Waals surface area contributed by atoms with Gasteiger partial charge in [0.1, 0.15) is 11.3 Å². The van der Waals surface area contributed by atoms with Crippen molar-refractivity contribution >= 4 is 16.8 Å². The van der Waals surface area contributed by atoms with E-state index < -0.39 is 6.10 Å². The zero-order valence-electron chi connectivity index (χ0n) is 14.9. The van der Waals surface area contributed by atoms with E-state index in [0.717, 1.165) is 41.3 Å². The summed E-state index contributed by atoms with van der Waals surface area (Å²) in [5.41, 5.74) is 3.57. The van der Waals surface area contributed by atoms with Crippen LogP contribution in [0.2, 0.25) is 0 Å². The van der Waals surface area contributed by atoms with Crippen LogP contribution in [-0.2, 0) is 12.8 Å². The van der Waals surface area contributed by atoms with Crippen LogP contribution in [0.4, 0.5) is 0 Å². The topological polar surface area (TPSA) is 56.5 Å². The highest BCUT2D eigenvalue weighted by molar-refractivity contribution is 5.99. The number of rotatable bonds is 4. The van der Waals surface area contributed by atoms with Gasteiger partial charge in [-0.2, -0.15) is 0 Å². The summed E-state index contributed by atoms with van der Waals surface area (Å²) in [6, 6.07) is 12.9. The Labute approximate surface area is 151 Å². The lowest BCUT2D eigenvalue weighted by Crippen LogP contribution is -2.24. The second-order valence-corrected chi connectivity index (χ2v) is 6.83. The molecule has 1 aromatic heterocycles. The van der Waals surface area contributed by atoms with E-state index >= 15 is 0 Å². The standard InChI is InChI=1S/C22H20O4/c1-13-11-18(25-14(2)21(23)15-7-4-3-5-8-15)20-16-9-6-10-17(16)22(24)26-19(20)12-13/h3-5,7-8,11-12,14H,6,9-10H2,1-2H3/t14-/m0/s1. The zero-order chi connectivity index (χ0) is 18.3. The average Bonchev–Trinajstić information content (AvgIpc) is 3.11. The Bertz CT molecular complexity index is 1050. The van der Waals surface area contributed by atoms with Gasteiger partial charge >= 0.3 is 5.63 Å². The molecular weight excluding hydrogens is 328 g/mol. The van der Waals surface area contributed by atoms with Gasteiger partial charge in [-0.3, -0.25) is 4.79 Å². The quantitative estimate of drug-likeness (QED) is 0.523. The van der Waals surface area contributed by atoms with E-state index in [1.54, 1.807) is 19.1 Å². The lowest BCUT2D eigenvalue weighted by atomic mass is 10.0. The molecule has 0 aliphatic heterocycles. The maximum Gasteiger partial charge on any atom is 0.339 e. The van der Waals surface area contributed by atoms with Crippen molar-refractivity contribution in [2.24, 2.45) is 0 Å². The number of ether oxygens (including phenoxy) is 1. The minimum Gasteiger partial charge on any atom is -0.482 e. The van der Waals surface area contributed by atoms with E-state index in [4.69, 9.17) is 9.15 Å². The first kappa shape index (κ1) is 16.6. The smallest absolute Gasteiger partial charge is 0.339 e. The van der Waals surface area contributed by atoms with Crippen molar-refractivity contribution in [2.75, 3.05) is 0 Å². The highest BCUT2D eigenvalue weighted by Gasteiger charge is 2.24. The summed E-state index contributed by atoms with van der Waals surface area (Å²) in [5.74, 6) is 0.535. The molecule has 4 heteroatoms. The Balaban J connectivity index is 1.78. The fourth-order valence-electron chi connectivity index (χ4n) is 3.68. The Morgan fingerprint density at radius 1 is 1.12 bits per heavy atom. The van der Waals surface area contributed by atoms with Gasteiger partial charge in [-0.05, 0) is 56.4 Å². The number of hydrogen-bond acceptors (Lipinski definition) is 4. The first-order valence-corrected chi connectivity index (χ1v) is 8.89. The Morgan fingerprint density at radius 3 is 2.62 bits per heavy atom. The van der Waals surface area contributed by atoms with Gasteiger partial charge in [0.05, 0.1) is 5.39 Å². The summed E-state index contributed by atoms with van der Waals surface area (Å²) in [6.45, 7) is 3.67. The SMILES string of the molecule is Cc1cc(O[C@@H](C)C(=O)c2ccccc2)c2c3c(c(=O)oc2c1)CCC3. The lowest BCUT2D eigenvalue weighted by Gasteiger charge is -2.17. The third-order valence-electron chi connectivity index (χ3n) is 4.91. The summed E-state index contributed by atoms with van der Waals surface area (Å²) in [6.07, 6.45) is 1.87. The van der Waals surface area contributed by atoms with Crippen molar-refractivity contribution in [1.82, 2.24) is 0 Å². The maximum atomic E-state index is 12.7. The van der Waals surface area contributed by atoms with E-state index in [9.17, 15) is 9.59 Å². The molecule has 132 valence electrons. The van der Waals surface area contributed by atoms with Crippen LogP contribution in [0.3, 0.4) is 0 Å². The summed E-state index contributed by atoms with van der Waals surface area (Å²) in [7, 11) is 0. The lowest BCUT2D eigenvalue weighted by molar-refractivity contribution is 0.0820. The zero-order valence-corrected chi connectivity index (χ0v) is 14.9. The minimum absolute atomic E-state index is 0.0747. The largest absolute Gasteiger partial charge is 0.482 e. The van der Waals surface area contributed by atoms with Crippen molar-refractivity contribution in [3.05, 3.63) is 75.1 Å². The Kier molecular flexibility index (Phi) is 4.11. The second kappa shape index (κ2) is 6.45. The van der Waals surface area contributed by atoms with Gasteiger partial charge in [0.25, 0.3) is 0 Å². The van der Waals surface area contributed by atoms with E-state index in [1.165, 1.54) is 0 Å². The summed E-state index contributed by atoms with van der Waals surface area (Å²) in [4.78, 5) is 24.9. The van der Waals surface area contributed by atoms with Gasteiger partial charge in [-0.25, -0.2) is 4.79 Å². The average molecular weight is 348 g/mol. The van der Waals surface area contributed by atoms with Crippen molar-refractivity contribution in [2.45, 2.75) is 39.2 Å². The summed E-state index contributed by atoms with van der Waals surface area (Å²) >= 11 is 0. The summed E-state index contributed by atoms with van der Waals surface area (Å²) < 4.78 is 11.6. The maximum absolute atomic E-state index is 12.7. The molecule has 0 spiro atoms. The molecule has 1 aliphatic rings. The minimum atomic E-state index is -0.633. The van der Waals surface area contributed by atoms with Crippen molar-refractivity contribution in [3.63, 3.8) is 0 Å². The van der Waals surface area contributed by atoms with Crippen LogP contribution in [0.5, 0.6) is 5.75 Å². The predicted molar refractivity (Wildman–Crippen MR) is 100 cm³/mol. The molecule has 4 rings (SSSR count). The monoisotopic (exact) mass is 348 g/mol. The van der Waals surface area contributed by atoms with Crippen LogP contribution < -0.4 is 10.4 Å². The van der Waals surface area contributed by atoms with Crippen LogP contribution in [0.1, 0.15) is 40.4 Å². The van der Waals surface area contributed by atoms with Crippen LogP contribution in [-0.4, -0.2) is 11.9 Å². The van der Waals surface area contributed by atoms with Gasteiger partial charge in [0.15, 0.2) is 6.10 Å². The van der Waals surface area contributed by atoms with E-state index in [-0.39, 0.29) is 11.4 Å². The number of fused-ring (bicyclic) bond motifs is 3. The van der Waals surface area contributed by atoms with E-state index in [0.29, 0.717) is 16.9 Å². The first-order valence-electron chi connectivity index (χ1n) is 8.89. The normalized spacial score (nSPS) is 14.2. The van der Waals surface area contributed by atoms with Gasteiger partial charge in [-0.1, -0.05) is 30.3 Å². The Morgan fingerprint density at radius 2 is 1.85 bits per heavy atom. The first-order chi connectivity index (χ1) is 12.5. The molecule has 0 fully saturated rings. The molecule has 2 aromatic carbocycles. The number of benzene rings is 2. The van der Waals surface area contributed by atoms with Crippen LogP contribution in [0.15, 0.2) is 51.7 Å². The Hall–Kier alpha value is -2.88. The molecule has 0 amide bonds. The van der Waals surface area contributed by atoms with Crippen molar-refractivity contribution < 1.29 is 13.9 Å². The number of hydrogen-bond donors (Lipinski definition) is 0. The number of Topliss-reactive ketones (excluding diaryl/α,β-unsaturated/α-hetero) is 1. The molecule has 4 nitrogen and oxygen atoms in total. The molecule has 1 aliphatic carbocycles. The molecular formula is C22H20O4. The van der Waals surface area contributed by atoms with Gasteiger partial charge in [-0.15, -0.1) is 0 Å². The van der Waals surface area contributed by atoms with E-state index in [2.05, 4.69) is 0 Å². The molecule has 3 aromatic rings. The molecule has 0 saturated carbocycles. The van der Waals surface area contributed by atoms with Gasteiger partial charge < -0.3 is 9.15 Å². The van der Waals surface area contributed by atoms with Crippen molar-refractivity contribution in [3.8, 4) is 5.75 Å². The van der Waals surface area contributed by atoms with E-state index in [1.807, 2.05) is 37.3 Å². The third-order valence-corrected chi connectivity index (χ3v) is 4.91. The highest BCUT2D eigenvalue weighted by atomic mass is 16.5. The second-order valence-electron chi connectivity index (χ2n) is 6.83. The van der Waals surface area contributed by atoms with Gasteiger partial charge in [0.2, 0.25) is 5.78 Å². The fourth-order valence-corrected chi connectivity index (χ4v) is 3.68. The molecule has 26 heavy (non-hydrogen) atoms. The van der Waals surface area contributed by atoms with Crippen LogP contribution >= 0.6 is 0 Å². The third kappa shape index (κ3) is 2.81. The fraction of sp³-hybridized carbons (Fsp3) is 0.273. The van der Waals surface area contributed by atoms with Crippen LogP contribution in [0.25, 0.3) is 11.0 Å². The summed E-state index contributed by atoms with van der Waals surface area (Å²) in [5, 5.41) is 0.829. The number of carbonyl (C=O) groups is 1. The molecule has 1 atom stereocenters. The van der Waals surface area contributed by atoms with Gasteiger partial charge in [0, 0.05) is 11.1 Å². The highest BCUT2D eigenvalue weighted by Crippen LogP contribution is 2.35. The van der Waals surface area contributed by atoms with Crippen molar-refractivity contribution in [1.29, 1.82) is 0 Å². The molecule has 1 heterocycles. The molecule has 0 N–H and O–H groups in total.